The van der Waals surface area contributed by atoms with Crippen LogP contribution in [0.5, 0.6) is 5.75 Å². The lowest BCUT2D eigenvalue weighted by Gasteiger charge is -2.08. The Bertz CT molecular complexity index is 813. The van der Waals surface area contributed by atoms with Gasteiger partial charge in [-0.2, -0.15) is 0 Å². The van der Waals surface area contributed by atoms with Crippen LogP contribution >= 0.6 is 0 Å². The van der Waals surface area contributed by atoms with E-state index in [-0.39, 0.29) is 18.2 Å². The first kappa shape index (κ1) is 18.9. The molecule has 27 heavy (non-hydrogen) atoms. The highest BCUT2D eigenvalue weighted by molar-refractivity contribution is 5.91. The number of rotatable bonds is 5. The number of amides is 1. The average Bonchev–Trinajstić information content (AvgIpc) is 2.84. The fraction of sp³-hybridized carbons (Fsp3) is 0.389. The Hall–Kier alpha value is -2.84. The van der Waals surface area contributed by atoms with Crippen molar-refractivity contribution < 1.29 is 22.7 Å². The number of carbonyl (C=O) groups is 1. The maximum Gasteiger partial charge on any atom is 0.573 e. The van der Waals surface area contributed by atoms with E-state index in [4.69, 9.17) is 0 Å². The fourth-order valence-corrected chi connectivity index (χ4v) is 2.85. The monoisotopic (exact) mass is 380 g/mol. The highest BCUT2D eigenvalue weighted by atomic mass is 19.4. The van der Waals surface area contributed by atoms with Crippen LogP contribution in [-0.2, 0) is 24.3 Å². The molecule has 1 aliphatic heterocycles. The molecule has 144 valence electrons. The smallest absolute Gasteiger partial charge is 0.406 e. The molecule has 0 spiro atoms. The number of ether oxygens (including phenoxy) is 1. The number of alkyl halides is 3. The molecule has 9 heteroatoms. The van der Waals surface area contributed by atoms with Crippen LogP contribution in [0.15, 0.2) is 30.3 Å². The van der Waals surface area contributed by atoms with Gasteiger partial charge in [0.15, 0.2) is 5.82 Å². The van der Waals surface area contributed by atoms with Crippen LogP contribution in [0.4, 0.5) is 13.2 Å². The van der Waals surface area contributed by atoms with Gasteiger partial charge in [0.1, 0.15) is 11.6 Å². The fourth-order valence-electron chi connectivity index (χ4n) is 2.85. The van der Waals surface area contributed by atoms with Crippen molar-refractivity contribution in [2.75, 3.05) is 0 Å². The molecule has 6 nitrogen and oxygen atoms in total. The van der Waals surface area contributed by atoms with Crippen molar-refractivity contribution in [2.45, 2.75) is 45.1 Å². The van der Waals surface area contributed by atoms with Gasteiger partial charge in [-0.15, -0.1) is 23.4 Å². The lowest BCUT2D eigenvalue weighted by molar-refractivity contribution is -0.274. The van der Waals surface area contributed by atoms with Crippen molar-refractivity contribution in [1.82, 2.24) is 20.1 Å². The second-order valence-electron chi connectivity index (χ2n) is 6.16. The summed E-state index contributed by atoms with van der Waals surface area (Å²) in [4.78, 5) is 12.0. The SMILES string of the molecule is O=C(C=Cc1ccc(OC(F)(F)F)cc1)NCc1nnc2n1CCCCC2. The summed E-state index contributed by atoms with van der Waals surface area (Å²) in [5, 5.41) is 11.1. The molecular weight excluding hydrogens is 361 g/mol. The molecule has 0 aliphatic carbocycles. The van der Waals surface area contributed by atoms with Gasteiger partial charge in [-0.3, -0.25) is 4.79 Å². The van der Waals surface area contributed by atoms with E-state index in [1.54, 1.807) is 0 Å². The van der Waals surface area contributed by atoms with Gasteiger partial charge in [-0.05, 0) is 36.6 Å². The van der Waals surface area contributed by atoms with E-state index >= 15 is 0 Å². The van der Waals surface area contributed by atoms with E-state index in [9.17, 15) is 18.0 Å². The zero-order chi connectivity index (χ0) is 19.3. The van der Waals surface area contributed by atoms with E-state index in [0.717, 1.165) is 43.9 Å². The van der Waals surface area contributed by atoms with Crippen molar-refractivity contribution >= 4 is 12.0 Å². The van der Waals surface area contributed by atoms with Crippen LogP contribution in [0, 0.1) is 0 Å². The molecule has 1 N–H and O–H groups in total. The summed E-state index contributed by atoms with van der Waals surface area (Å²) in [6.07, 6.45) is 2.33. The van der Waals surface area contributed by atoms with E-state index in [1.807, 2.05) is 0 Å². The number of hydrogen-bond donors (Lipinski definition) is 1. The molecule has 3 rings (SSSR count). The molecule has 0 unspecified atom stereocenters. The van der Waals surface area contributed by atoms with Crippen molar-refractivity contribution in [1.29, 1.82) is 0 Å². The first-order valence-corrected chi connectivity index (χ1v) is 8.63. The number of nitrogens with zero attached hydrogens (tertiary/aromatic N) is 3. The molecule has 0 fully saturated rings. The Balaban J connectivity index is 1.53. The van der Waals surface area contributed by atoms with Crippen molar-refractivity contribution in [2.24, 2.45) is 0 Å². The van der Waals surface area contributed by atoms with Crippen LogP contribution in [0.1, 0.15) is 36.5 Å². The van der Waals surface area contributed by atoms with Crippen LogP contribution in [0.2, 0.25) is 0 Å². The van der Waals surface area contributed by atoms with Gasteiger partial charge in [0.25, 0.3) is 0 Å². The summed E-state index contributed by atoms with van der Waals surface area (Å²) in [7, 11) is 0. The number of aryl methyl sites for hydroxylation is 1. The minimum atomic E-state index is -4.73. The quantitative estimate of drug-likeness (QED) is 0.809. The number of nitrogens with one attached hydrogen (secondary N) is 1. The first-order chi connectivity index (χ1) is 12.9. The maximum absolute atomic E-state index is 12.1. The first-order valence-electron chi connectivity index (χ1n) is 8.63. The van der Waals surface area contributed by atoms with Gasteiger partial charge in [-0.1, -0.05) is 18.6 Å². The largest absolute Gasteiger partial charge is 0.573 e. The van der Waals surface area contributed by atoms with Gasteiger partial charge < -0.3 is 14.6 Å². The van der Waals surface area contributed by atoms with E-state index < -0.39 is 6.36 Å². The van der Waals surface area contributed by atoms with Crippen molar-refractivity contribution in [3.63, 3.8) is 0 Å². The van der Waals surface area contributed by atoms with E-state index in [0.29, 0.717) is 5.56 Å². The normalized spacial score (nSPS) is 14.6. The van der Waals surface area contributed by atoms with Gasteiger partial charge in [0, 0.05) is 19.0 Å². The lowest BCUT2D eigenvalue weighted by Crippen LogP contribution is -2.23. The zero-order valence-corrected chi connectivity index (χ0v) is 14.5. The van der Waals surface area contributed by atoms with Crippen LogP contribution < -0.4 is 10.1 Å². The predicted molar refractivity (Wildman–Crippen MR) is 91.6 cm³/mol. The number of hydrogen-bond acceptors (Lipinski definition) is 4. The van der Waals surface area contributed by atoms with E-state index in [2.05, 4.69) is 24.8 Å². The molecule has 1 aromatic heterocycles. The Labute approximate surface area is 154 Å². The summed E-state index contributed by atoms with van der Waals surface area (Å²) in [6.45, 7) is 1.13. The second-order valence-corrected chi connectivity index (χ2v) is 6.16. The molecule has 1 aliphatic rings. The maximum atomic E-state index is 12.1. The van der Waals surface area contributed by atoms with E-state index in [1.165, 1.54) is 36.4 Å². The average molecular weight is 380 g/mol. The number of aromatic nitrogens is 3. The minimum absolute atomic E-state index is 0.272. The molecular formula is C18H19F3N4O2. The molecule has 0 saturated carbocycles. The highest BCUT2D eigenvalue weighted by Crippen LogP contribution is 2.23. The molecule has 1 aromatic carbocycles. The number of benzene rings is 1. The lowest BCUT2D eigenvalue weighted by atomic mass is 10.2. The van der Waals surface area contributed by atoms with Crippen LogP contribution in [-0.4, -0.2) is 27.0 Å². The standard InChI is InChI=1S/C18H19F3N4O2/c19-18(20,21)27-14-8-5-13(6-9-14)7-10-17(26)22-12-16-24-23-15-4-2-1-3-11-25(15)16/h5-10H,1-4,11-12H2,(H,22,26). The predicted octanol–water partition coefficient (Wildman–Crippen LogP) is 3.23. The molecule has 2 heterocycles. The Morgan fingerprint density at radius 1 is 1.19 bits per heavy atom. The molecule has 1 amide bonds. The highest BCUT2D eigenvalue weighted by Gasteiger charge is 2.30. The van der Waals surface area contributed by atoms with Gasteiger partial charge in [0.2, 0.25) is 5.91 Å². The van der Waals surface area contributed by atoms with Crippen molar-refractivity contribution in [3.05, 3.63) is 47.6 Å². The molecule has 0 bridgehead atoms. The van der Waals surface area contributed by atoms with Crippen molar-refractivity contribution in [3.8, 4) is 5.75 Å². The Kier molecular flexibility index (Phi) is 5.78. The number of fused-ring (bicyclic) bond motifs is 1. The molecule has 0 atom stereocenters. The zero-order valence-electron chi connectivity index (χ0n) is 14.5. The molecule has 2 aromatic rings. The minimum Gasteiger partial charge on any atom is -0.406 e. The van der Waals surface area contributed by atoms with Crippen LogP contribution in [0.25, 0.3) is 6.08 Å². The van der Waals surface area contributed by atoms with Gasteiger partial charge in [-0.25, -0.2) is 0 Å². The van der Waals surface area contributed by atoms with Crippen LogP contribution in [0.3, 0.4) is 0 Å². The third-order valence-electron chi connectivity index (χ3n) is 4.15. The summed E-state index contributed by atoms with van der Waals surface area (Å²) < 4.78 is 42.2. The Morgan fingerprint density at radius 2 is 1.96 bits per heavy atom. The third kappa shape index (κ3) is 5.57. The number of halogens is 3. The molecule has 0 radical (unpaired) electrons. The van der Waals surface area contributed by atoms with Gasteiger partial charge in [0.05, 0.1) is 6.54 Å². The summed E-state index contributed by atoms with van der Waals surface area (Å²) in [5.41, 5.74) is 0.580. The topological polar surface area (TPSA) is 69.0 Å². The number of carbonyl (C=O) groups excluding carboxylic acids is 1. The summed E-state index contributed by atoms with van der Waals surface area (Å²) in [5.74, 6) is 1.05. The summed E-state index contributed by atoms with van der Waals surface area (Å²) >= 11 is 0. The Morgan fingerprint density at radius 3 is 2.70 bits per heavy atom. The summed E-state index contributed by atoms with van der Waals surface area (Å²) in [6, 6.07) is 5.25. The molecule has 0 saturated heterocycles. The third-order valence-corrected chi connectivity index (χ3v) is 4.15. The second kappa shape index (κ2) is 8.24. The van der Waals surface area contributed by atoms with Gasteiger partial charge >= 0.3 is 6.36 Å².